The Hall–Kier alpha value is -1.73. The van der Waals surface area contributed by atoms with E-state index in [0.717, 1.165) is 0 Å². The minimum atomic E-state index is -0.407. The number of nitrogens with one attached hydrogen (secondary N) is 1. The number of rotatable bonds is 1. The van der Waals surface area contributed by atoms with Crippen LogP contribution in [-0.2, 0) is 6.54 Å². The van der Waals surface area contributed by atoms with Crippen LogP contribution in [0.5, 0.6) is 0 Å². The van der Waals surface area contributed by atoms with Gasteiger partial charge in [-0.05, 0) is 6.92 Å². The summed E-state index contributed by atoms with van der Waals surface area (Å²) in [6.45, 7) is 2.33. The highest BCUT2D eigenvalue weighted by Crippen LogP contribution is 2.26. The molecule has 0 saturated carbocycles. The number of hydrogen-bond acceptors (Lipinski definition) is 5. The van der Waals surface area contributed by atoms with Crippen molar-refractivity contribution in [1.82, 2.24) is 19.5 Å². The Bertz CT molecular complexity index is 835. The highest BCUT2D eigenvalue weighted by atomic mass is 35.5. The molecule has 0 spiro atoms. The summed E-state index contributed by atoms with van der Waals surface area (Å²) in [4.78, 5) is 34.7. The molecule has 0 radical (unpaired) electrons. The van der Waals surface area contributed by atoms with Crippen LogP contribution >= 0.6 is 23.7 Å². The molecule has 3 aromatic rings. The van der Waals surface area contributed by atoms with Gasteiger partial charge in [-0.2, -0.15) is 0 Å². The first-order valence-corrected chi connectivity index (χ1v) is 5.90. The van der Waals surface area contributed by atoms with E-state index < -0.39 is 5.69 Å². The molecule has 1 N–H and O–H groups in total. The third kappa shape index (κ3) is 1.63. The second kappa shape index (κ2) is 4.51. The molecule has 0 amide bonds. The Morgan fingerprint density at radius 3 is 2.78 bits per heavy atom. The number of thiophene rings is 1. The van der Waals surface area contributed by atoms with E-state index in [1.54, 1.807) is 12.4 Å². The monoisotopic (exact) mass is 284 g/mol. The van der Waals surface area contributed by atoms with E-state index in [1.807, 2.05) is 6.92 Å². The summed E-state index contributed by atoms with van der Waals surface area (Å²) in [5.74, 6) is 0. The van der Waals surface area contributed by atoms with Gasteiger partial charge in [0.15, 0.2) is 0 Å². The molecular weight excluding hydrogens is 276 g/mol. The summed E-state index contributed by atoms with van der Waals surface area (Å²) in [5.41, 5.74) is 0.404. The number of hydrogen-bond donors (Lipinski definition) is 1. The van der Waals surface area contributed by atoms with Crippen LogP contribution in [0.15, 0.2) is 22.0 Å². The van der Waals surface area contributed by atoms with Gasteiger partial charge >= 0.3 is 5.69 Å². The number of halogens is 1. The van der Waals surface area contributed by atoms with Gasteiger partial charge in [0.05, 0.1) is 5.52 Å². The first-order chi connectivity index (χ1) is 8.22. The van der Waals surface area contributed by atoms with Crippen molar-refractivity contribution in [2.75, 3.05) is 0 Å². The average Bonchev–Trinajstić information content (AvgIpc) is 2.70. The fourth-order valence-electron chi connectivity index (χ4n) is 1.84. The van der Waals surface area contributed by atoms with Crippen molar-refractivity contribution < 1.29 is 0 Å². The maximum Gasteiger partial charge on any atom is 0.328 e. The van der Waals surface area contributed by atoms with Gasteiger partial charge in [0.1, 0.15) is 15.0 Å². The molecule has 0 aliphatic carbocycles. The molecule has 0 aromatic carbocycles. The van der Waals surface area contributed by atoms with Crippen molar-refractivity contribution in [3.05, 3.63) is 33.2 Å². The van der Waals surface area contributed by atoms with Crippen LogP contribution in [0.25, 0.3) is 20.6 Å². The van der Waals surface area contributed by atoms with Crippen molar-refractivity contribution in [2.45, 2.75) is 13.5 Å². The van der Waals surface area contributed by atoms with Crippen LogP contribution in [0.1, 0.15) is 6.92 Å². The first kappa shape index (κ1) is 12.7. The van der Waals surface area contributed by atoms with Gasteiger partial charge in [0.2, 0.25) is 0 Å². The van der Waals surface area contributed by atoms with E-state index in [1.165, 1.54) is 15.9 Å². The van der Waals surface area contributed by atoms with E-state index in [2.05, 4.69) is 15.0 Å². The van der Waals surface area contributed by atoms with E-state index >= 15 is 0 Å². The number of fused-ring (bicyclic) bond motifs is 3. The molecule has 0 unspecified atom stereocenters. The van der Waals surface area contributed by atoms with Crippen LogP contribution in [0.2, 0.25) is 0 Å². The van der Waals surface area contributed by atoms with E-state index in [-0.39, 0.29) is 18.0 Å². The zero-order chi connectivity index (χ0) is 12.0. The third-order valence-electron chi connectivity index (χ3n) is 2.56. The third-order valence-corrected chi connectivity index (χ3v) is 3.64. The summed E-state index contributed by atoms with van der Waals surface area (Å²) in [6.07, 6.45) is 3.13. The van der Waals surface area contributed by atoms with Crippen molar-refractivity contribution in [3.63, 3.8) is 0 Å². The molecule has 0 saturated heterocycles. The second-order valence-corrected chi connectivity index (χ2v) is 4.49. The Labute approximate surface area is 111 Å². The Balaban J connectivity index is 0.00000120. The van der Waals surface area contributed by atoms with Gasteiger partial charge in [0.25, 0.3) is 5.56 Å². The van der Waals surface area contributed by atoms with Crippen LogP contribution < -0.4 is 11.2 Å². The number of nitrogens with zero attached hydrogens (tertiary/aromatic N) is 3. The van der Waals surface area contributed by atoms with E-state index in [4.69, 9.17) is 0 Å². The van der Waals surface area contributed by atoms with Gasteiger partial charge in [0, 0.05) is 18.9 Å². The minimum absolute atomic E-state index is 0. The van der Waals surface area contributed by atoms with Crippen molar-refractivity contribution >= 4 is 44.3 Å². The molecule has 18 heavy (non-hydrogen) atoms. The molecule has 3 heterocycles. The maximum atomic E-state index is 11.7. The first-order valence-electron chi connectivity index (χ1n) is 5.08. The smallest absolute Gasteiger partial charge is 0.291 e. The Kier molecular flexibility index (Phi) is 3.18. The highest BCUT2D eigenvalue weighted by Gasteiger charge is 2.14. The van der Waals surface area contributed by atoms with Crippen molar-refractivity contribution in [3.8, 4) is 0 Å². The lowest BCUT2D eigenvalue weighted by Crippen LogP contribution is -2.29. The molecule has 3 rings (SSSR count). The molecule has 0 bridgehead atoms. The molecule has 0 fully saturated rings. The largest absolute Gasteiger partial charge is 0.328 e. The number of aryl methyl sites for hydroxylation is 1. The lowest BCUT2D eigenvalue weighted by molar-refractivity contribution is 0.729. The fourth-order valence-corrected chi connectivity index (χ4v) is 2.84. The van der Waals surface area contributed by atoms with Crippen LogP contribution in [0.3, 0.4) is 0 Å². The van der Waals surface area contributed by atoms with E-state index in [0.29, 0.717) is 27.1 Å². The summed E-state index contributed by atoms with van der Waals surface area (Å²) in [5, 5.41) is 0. The van der Waals surface area contributed by atoms with Gasteiger partial charge in [-0.25, -0.2) is 14.8 Å². The Morgan fingerprint density at radius 1 is 1.33 bits per heavy atom. The zero-order valence-corrected chi connectivity index (χ0v) is 11.0. The number of aromatic amines is 1. The van der Waals surface area contributed by atoms with Crippen molar-refractivity contribution in [1.29, 1.82) is 0 Å². The van der Waals surface area contributed by atoms with Gasteiger partial charge in [-0.3, -0.25) is 14.3 Å². The lowest BCUT2D eigenvalue weighted by Gasteiger charge is -2.02. The van der Waals surface area contributed by atoms with Crippen molar-refractivity contribution in [2.24, 2.45) is 0 Å². The number of aromatic nitrogens is 4. The molecule has 3 aromatic heterocycles. The topological polar surface area (TPSA) is 80.6 Å². The molecular formula is C10H9ClN4O2S. The van der Waals surface area contributed by atoms with Gasteiger partial charge in [-0.1, -0.05) is 0 Å². The van der Waals surface area contributed by atoms with Gasteiger partial charge in [-0.15, -0.1) is 23.7 Å². The molecule has 6 nitrogen and oxygen atoms in total. The standard InChI is InChI=1S/C10H8N4O2S.ClH/c1-2-14-6-5-9(12-4-3-11-5)17-7(6)8(15)13-10(14)16;/h3-4H,2H2,1H3,(H,13,15,16);1H. The fraction of sp³-hybridized carbons (Fsp3) is 0.200. The minimum Gasteiger partial charge on any atom is -0.291 e. The SMILES string of the molecule is CCn1c(=O)[nH]c(=O)c2sc3nccnc3c21.Cl. The quantitative estimate of drug-likeness (QED) is 0.726. The van der Waals surface area contributed by atoms with Gasteiger partial charge < -0.3 is 0 Å². The molecule has 8 heteroatoms. The molecule has 0 aliphatic heterocycles. The normalized spacial score (nSPS) is 10.7. The summed E-state index contributed by atoms with van der Waals surface area (Å²) < 4.78 is 2.00. The van der Waals surface area contributed by atoms with Crippen LogP contribution in [0, 0.1) is 0 Å². The summed E-state index contributed by atoms with van der Waals surface area (Å²) in [7, 11) is 0. The average molecular weight is 285 g/mol. The second-order valence-electron chi connectivity index (χ2n) is 3.49. The molecule has 0 atom stereocenters. The predicted molar refractivity (Wildman–Crippen MR) is 72.7 cm³/mol. The van der Waals surface area contributed by atoms with E-state index in [9.17, 15) is 9.59 Å². The number of H-pyrrole nitrogens is 1. The zero-order valence-electron chi connectivity index (χ0n) is 9.34. The predicted octanol–water partition coefficient (Wildman–Crippen LogP) is 1.14. The molecule has 0 aliphatic rings. The highest BCUT2D eigenvalue weighted by molar-refractivity contribution is 7.25. The summed E-state index contributed by atoms with van der Waals surface area (Å²) in [6, 6.07) is 0. The van der Waals surface area contributed by atoms with Crippen LogP contribution in [-0.4, -0.2) is 19.5 Å². The molecule has 94 valence electrons. The lowest BCUT2D eigenvalue weighted by atomic mass is 10.4. The Morgan fingerprint density at radius 2 is 2.06 bits per heavy atom. The van der Waals surface area contributed by atoms with Crippen LogP contribution in [0.4, 0.5) is 0 Å². The maximum absolute atomic E-state index is 11.7. The summed E-state index contributed by atoms with van der Waals surface area (Å²) >= 11 is 1.25.